The third-order valence-corrected chi connectivity index (χ3v) is 9.40. The molecule has 0 aliphatic carbocycles. The summed E-state index contributed by atoms with van der Waals surface area (Å²) in [4.78, 5) is 0. The Balaban J connectivity index is 2.96. The molecule has 6 heteroatoms. The lowest BCUT2D eigenvalue weighted by atomic mass is 10.2. The predicted molar refractivity (Wildman–Crippen MR) is 86.6 cm³/mol. The van der Waals surface area contributed by atoms with Gasteiger partial charge in [-0.25, -0.2) is 0 Å². The van der Waals surface area contributed by atoms with E-state index in [1.165, 1.54) is 0 Å². The van der Waals surface area contributed by atoms with E-state index in [1.54, 1.807) is 0 Å². The van der Waals surface area contributed by atoms with Crippen molar-refractivity contribution in [2.24, 2.45) is 0 Å². The van der Waals surface area contributed by atoms with Gasteiger partial charge in [0.1, 0.15) is 0 Å². The van der Waals surface area contributed by atoms with Crippen molar-refractivity contribution in [3.8, 4) is 0 Å². The third-order valence-electron chi connectivity index (χ3n) is 2.04. The first-order valence-electron chi connectivity index (χ1n) is 6.54. The van der Waals surface area contributed by atoms with Gasteiger partial charge in [0, 0.05) is 0 Å². The minimum absolute atomic E-state index is 0.363. The fourth-order valence-corrected chi connectivity index (χ4v) is 10.1. The smallest absolute Gasteiger partial charge is 0.315 e. The second kappa shape index (κ2) is 6.06. The summed E-state index contributed by atoms with van der Waals surface area (Å²) in [6.07, 6.45) is 0.363. The first-order valence-corrected chi connectivity index (χ1v) is 15.1. The highest BCUT2D eigenvalue weighted by molar-refractivity contribution is 7.56. The molecule has 0 aliphatic rings. The molecule has 1 aromatic rings. The quantitative estimate of drug-likeness (QED) is 0.542. The maximum atomic E-state index is 13.0. The molecular weight excluding hydrogens is 291 g/mol. The van der Waals surface area contributed by atoms with Crippen molar-refractivity contribution in [2.45, 2.75) is 45.4 Å². The van der Waals surface area contributed by atoms with Crippen molar-refractivity contribution in [3.63, 3.8) is 0 Å². The molecule has 0 aliphatic heterocycles. The summed E-state index contributed by atoms with van der Waals surface area (Å²) in [5.41, 5.74) is 1.00. The van der Waals surface area contributed by atoms with E-state index in [0.717, 1.165) is 5.56 Å². The van der Waals surface area contributed by atoms with Crippen LogP contribution in [0.15, 0.2) is 30.3 Å². The zero-order chi connectivity index (χ0) is 14.7. The van der Waals surface area contributed by atoms with E-state index in [9.17, 15) is 4.57 Å². The van der Waals surface area contributed by atoms with E-state index < -0.39 is 24.2 Å². The molecule has 0 saturated heterocycles. The molecular formula is C13H25O3PSi2. The minimum Gasteiger partial charge on any atom is -0.351 e. The zero-order valence-corrected chi connectivity index (χ0v) is 15.7. The van der Waals surface area contributed by atoms with Gasteiger partial charge in [0.05, 0.1) is 6.16 Å². The Kier molecular flexibility index (Phi) is 5.38. The summed E-state index contributed by atoms with van der Waals surface area (Å²) >= 11 is 0. The molecule has 0 aromatic heterocycles. The van der Waals surface area contributed by atoms with Gasteiger partial charge < -0.3 is 8.43 Å². The molecule has 0 spiro atoms. The van der Waals surface area contributed by atoms with Gasteiger partial charge in [0.15, 0.2) is 16.6 Å². The molecule has 19 heavy (non-hydrogen) atoms. The maximum absolute atomic E-state index is 13.0. The van der Waals surface area contributed by atoms with Crippen molar-refractivity contribution in [3.05, 3.63) is 35.9 Å². The van der Waals surface area contributed by atoms with E-state index in [2.05, 4.69) is 0 Å². The number of hydrogen-bond donors (Lipinski definition) is 0. The number of benzene rings is 1. The predicted octanol–water partition coefficient (Wildman–Crippen LogP) is 5.08. The van der Waals surface area contributed by atoms with Crippen LogP contribution in [-0.2, 0) is 19.2 Å². The van der Waals surface area contributed by atoms with E-state index >= 15 is 0 Å². The molecule has 1 aromatic carbocycles. The van der Waals surface area contributed by atoms with E-state index in [4.69, 9.17) is 8.43 Å². The minimum atomic E-state index is -3.06. The second-order valence-electron chi connectivity index (χ2n) is 6.66. The van der Waals surface area contributed by atoms with Crippen LogP contribution in [0.5, 0.6) is 0 Å². The summed E-state index contributed by atoms with van der Waals surface area (Å²) in [5, 5.41) is 0. The second-order valence-corrected chi connectivity index (χ2v) is 18.1. The molecule has 0 atom stereocenters. The molecule has 3 nitrogen and oxygen atoms in total. The van der Waals surface area contributed by atoms with Gasteiger partial charge in [-0.2, -0.15) is 0 Å². The lowest BCUT2D eigenvalue weighted by Crippen LogP contribution is -2.30. The molecule has 0 unspecified atom stereocenters. The van der Waals surface area contributed by atoms with Crippen molar-refractivity contribution in [1.82, 2.24) is 0 Å². The van der Waals surface area contributed by atoms with Crippen LogP contribution >= 0.6 is 7.60 Å². The molecule has 0 bridgehead atoms. The molecule has 0 fully saturated rings. The Labute approximate surface area is 119 Å². The van der Waals surface area contributed by atoms with Crippen molar-refractivity contribution in [1.29, 1.82) is 0 Å². The number of rotatable bonds is 6. The van der Waals surface area contributed by atoms with Crippen molar-refractivity contribution < 1.29 is 13.0 Å². The molecule has 0 N–H and O–H groups in total. The van der Waals surface area contributed by atoms with Gasteiger partial charge in [-0.15, -0.1) is 0 Å². The van der Waals surface area contributed by atoms with Gasteiger partial charge in [-0.1, -0.05) is 30.3 Å². The Morgan fingerprint density at radius 2 is 1.32 bits per heavy atom. The van der Waals surface area contributed by atoms with Gasteiger partial charge in [-0.05, 0) is 44.8 Å². The molecule has 0 saturated carbocycles. The molecule has 108 valence electrons. The summed E-state index contributed by atoms with van der Waals surface area (Å²) in [7, 11) is -6.89. The highest BCUT2D eigenvalue weighted by atomic mass is 31.2. The standard InChI is InChI=1S/C13H25O3PSi2/c1-18(2,3)15-17(14,16-19(4,5)6)12-13-10-8-7-9-11-13/h7-11H,12H2,1-6H3. The van der Waals surface area contributed by atoms with Gasteiger partial charge in [0.25, 0.3) is 0 Å². The average Bonchev–Trinajstić information content (AvgIpc) is 2.11. The van der Waals surface area contributed by atoms with Crippen molar-refractivity contribution in [2.75, 3.05) is 0 Å². The van der Waals surface area contributed by atoms with Crippen LogP contribution in [0, 0.1) is 0 Å². The highest BCUT2D eigenvalue weighted by Gasteiger charge is 2.36. The average molecular weight is 316 g/mol. The largest absolute Gasteiger partial charge is 0.351 e. The van der Waals surface area contributed by atoms with Crippen molar-refractivity contribution >= 4 is 24.2 Å². The van der Waals surface area contributed by atoms with E-state index in [-0.39, 0.29) is 0 Å². The molecule has 0 amide bonds. The van der Waals surface area contributed by atoms with Crippen LogP contribution < -0.4 is 0 Å². The Morgan fingerprint density at radius 1 is 0.895 bits per heavy atom. The Hall–Kier alpha value is -0.196. The molecule has 0 radical (unpaired) electrons. The normalized spacial score (nSPS) is 13.6. The van der Waals surface area contributed by atoms with Gasteiger partial charge in [0.2, 0.25) is 0 Å². The first-order chi connectivity index (χ1) is 8.49. The van der Waals surface area contributed by atoms with Crippen LogP contribution in [0.3, 0.4) is 0 Å². The zero-order valence-electron chi connectivity index (χ0n) is 12.8. The topological polar surface area (TPSA) is 35.5 Å². The van der Waals surface area contributed by atoms with Crippen LogP contribution in [0.1, 0.15) is 5.56 Å². The van der Waals surface area contributed by atoms with Gasteiger partial charge in [-0.3, -0.25) is 4.57 Å². The SMILES string of the molecule is C[Si](C)(C)OP(=O)(Cc1ccccc1)O[Si](C)(C)C. The molecule has 0 heterocycles. The van der Waals surface area contributed by atoms with E-state index in [1.807, 2.05) is 69.6 Å². The fraction of sp³-hybridized carbons (Fsp3) is 0.538. The lowest BCUT2D eigenvalue weighted by molar-refractivity contribution is 0.381. The first kappa shape index (κ1) is 16.9. The maximum Gasteiger partial charge on any atom is 0.315 e. The Bertz CT molecular complexity index is 429. The summed E-state index contributed by atoms with van der Waals surface area (Å²) in [6.45, 7) is 12.2. The molecule has 1 rings (SSSR count). The Morgan fingerprint density at radius 3 is 1.68 bits per heavy atom. The number of hydrogen-bond acceptors (Lipinski definition) is 3. The van der Waals surface area contributed by atoms with Gasteiger partial charge >= 0.3 is 7.60 Å². The summed E-state index contributed by atoms with van der Waals surface area (Å²) in [5.74, 6) is 0. The highest BCUT2D eigenvalue weighted by Crippen LogP contribution is 2.55. The lowest BCUT2D eigenvalue weighted by Gasteiger charge is -2.31. The van der Waals surface area contributed by atoms with Crippen LogP contribution in [0.2, 0.25) is 39.3 Å². The van der Waals surface area contributed by atoms with Crippen LogP contribution in [0.4, 0.5) is 0 Å². The van der Waals surface area contributed by atoms with E-state index in [0.29, 0.717) is 6.16 Å². The van der Waals surface area contributed by atoms with Crippen LogP contribution in [-0.4, -0.2) is 16.6 Å². The fourth-order valence-electron chi connectivity index (χ4n) is 1.72. The summed E-state index contributed by atoms with van der Waals surface area (Å²) < 4.78 is 24.9. The monoisotopic (exact) mass is 316 g/mol. The van der Waals surface area contributed by atoms with Crippen LogP contribution in [0.25, 0.3) is 0 Å². The summed E-state index contributed by atoms with van der Waals surface area (Å²) in [6, 6.07) is 9.78. The third kappa shape index (κ3) is 7.23.